The van der Waals surface area contributed by atoms with Crippen molar-refractivity contribution >= 4 is 5.97 Å². The van der Waals surface area contributed by atoms with Crippen LogP contribution in [0.4, 0.5) is 13.2 Å². The minimum atomic E-state index is -4.81. The maximum atomic E-state index is 13.0. The average molecular weight is 296 g/mol. The molecule has 0 radical (unpaired) electrons. The summed E-state index contributed by atoms with van der Waals surface area (Å²) in [7, 11) is 1.15. The number of carbonyl (C=O) groups is 1. The van der Waals surface area contributed by atoms with Crippen LogP contribution in [0.3, 0.4) is 0 Å². The second-order valence-electron chi connectivity index (χ2n) is 3.85. The average Bonchev–Trinajstić information content (AvgIpc) is 2.90. The maximum Gasteiger partial charge on any atom is 0.436 e. The zero-order chi connectivity index (χ0) is 15.6. The summed E-state index contributed by atoms with van der Waals surface area (Å²) in [6.07, 6.45) is -4.81. The van der Waals surface area contributed by atoms with Crippen molar-refractivity contribution in [1.29, 1.82) is 5.26 Å². The number of halogens is 3. The highest BCUT2D eigenvalue weighted by molar-refractivity contribution is 5.89. The number of hydrogen-bond acceptors (Lipinski definition) is 5. The van der Waals surface area contributed by atoms with E-state index in [-0.39, 0.29) is 11.3 Å². The molecular weight excluding hydrogens is 289 g/mol. The number of hydrogen-bond donors (Lipinski definition) is 0. The van der Waals surface area contributed by atoms with E-state index in [2.05, 4.69) is 15.0 Å². The Balaban J connectivity index is 2.61. The molecule has 0 unspecified atom stereocenters. The topological polar surface area (TPSA) is 80.8 Å². The minimum Gasteiger partial charge on any atom is -0.465 e. The van der Waals surface area contributed by atoms with Gasteiger partial charge in [-0.25, -0.2) is 9.48 Å². The molecule has 1 aromatic heterocycles. The number of ether oxygens (including phenoxy) is 1. The van der Waals surface area contributed by atoms with Crippen molar-refractivity contribution in [3.63, 3.8) is 0 Å². The van der Waals surface area contributed by atoms with Crippen molar-refractivity contribution in [2.24, 2.45) is 0 Å². The number of esters is 1. The molecule has 0 fully saturated rings. The second-order valence-corrected chi connectivity index (χ2v) is 3.85. The Hall–Kier alpha value is -2.89. The first-order valence-electron chi connectivity index (χ1n) is 5.50. The molecule has 2 aromatic rings. The molecule has 0 saturated carbocycles. The van der Waals surface area contributed by atoms with Crippen molar-refractivity contribution in [3.05, 3.63) is 41.2 Å². The largest absolute Gasteiger partial charge is 0.465 e. The van der Waals surface area contributed by atoms with E-state index in [4.69, 9.17) is 5.26 Å². The number of aromatic nitrogens is 3. The quantitative estimate of drug-likeness (QED) is 0.791. The minimum absolute atomic E-state index is 0.0529. The van der Waals surface area contributed by atoms with E-state index in [1.807, 2.05) is 0 Å². The van der Waals surface area contributed by atoms with Crippen LogP contribution in [0.5, 0.6) is 0 Å². The lowest BCUT2D eigenvalue weighted by Crippen LogP contribution is -2.15. The molecule has 0 amide bonds. The number of alkyl halides is 3. The first-order chi connectivity index (χ1) is 9.88. The van der Waals surface area contributed by atoms with E-state index >= 15 is 0 Å². The summed E-state index contributed by atoms with van der Waals surface area (Å²) in [6.45, 7) is 0. The van der Waals surface area contributed by atoms with Gasteiger partial charge in [0.2, 0.25) is 0 Å². The molecule has 0 N–H and O–H groups in total. The third-order valence-corrected chi connectivity index (χ3v) is 2.56. The smallest absolute Gasteiger partial charge is 0.436 e. The zero-order valence-electron chi connectivity index (χ0n) is 10.5. The normalized spacial score (nSPS) is 11.0. The van der Waals surface area contributed by atoms with Gasteiger partial charge in [-0.3, -0.25) is 0 Å². The lowest BCUT2D eigenvalue weighted by Gasteiger charge is -2.10. The fourth-order valence-electron chi connectivity index (χ4n) is 1.67. The molecular formula is C12H7F3N4O2. The van der Waals surface area contributed by atoms with Gasteiger partial charge in [0, 0.05) is 0 Å². The van der Waals surface area contributed by atoms with Crippen LogP contribution in [-0.2, 0) is 10.9 Å². The van der Waals surface area contributed by atoms with Gasteiger partial charge in [0.1, 0.15) is 6.07 Å². The maximum absolute atomic E-state index is 13.0. The molecule has 108 valence electrons. The Morgan fingerprint density at radius 1 is 1.43 bits per heavy atom. The Morgan fingerprint density at radius 2 is 2.14 bits per heavy atom. The standard InChI is InChI=1S/C12H7F3N4O2/c1-21-11(20)7-3-2-4-8(5-7)19-10(12(13,14)15)9(6-16)17-18-19/h2-5H,1H3. The molecule has 0 bridgehead atoms. The molecule has 6 nitrogen and oxygen atoms in total. The molecule has 0 aliphatic rings. The number of methoxy groups -OCH3 is 1. The highest BCUT2D eigenvalue weighted by Gasteiger charge is 2.40. The van der Waals surface area contributed by atoms with Gasteiger partial charge in [-0.2, -0.15) is 18.4 Å². The first-order valence-corrected chi connectivity index (χ1v) is 5.50. The Bertz CT molecular complexity index is 731. The molecule has 1 heterocycles. The monoisotopic (exact) mass is 296 g/mol. The van der Waals surface area contributed by atoms with E-state index in [0.717, 1.165) is 13.2 Å². The first kappa shape index (κ1) is 14.5. The number of rotatable bonds is 2. The van der Waals surface area contributed by atoms with Gasteiger partial charge >= 0.3 is 12.1 Å². The summed E-state index contributed by atoms with van der Waals surface area (Å²) >= 11 is 0. The number of nitrogens with zero attached hydrogens (tertiary/aromatic N) is 4. The van der Waals surface area contributed by atoms with Crippen LogP contribution in [0.15, 0.2) is 24.3 Å². The van der Waals surface area contributed by atoms with E-state index in [9.17, 15) is 18.0 Å². The van der Waals surface area contributed by atoms with Crippen LogP contribution in [0.1, 0.15) is 21.7 Å². The molecule has 9 heteroatoms. The second kappa shape index (κ2) is 5.24. The van der Waals surface area contributed by atoms with Crippen LogP contribution in [-0.4, -0.2) is 28.1 Å². The molecule has 21 heavy (non-hydrogen) atoms. The Labute approximate surface area is 116 Å². The molecule has 0 saturated heterocycles. The Kier molecular flexibility index (Phi) is 3.62. The van der Waals surface area contributed by atoms with Crippen LogP contribution >= 0.6 is 0 Å². The van der Waals surface area contributed by atoms with Crippen molar-refractivity contribution in [1.82, 2.24) is 15.0 Å². The highest BCUT2D eigenvalue weighted by atomic mass is 19.4. The van der Waals surface area contributed by atoms with Gasteiger partial charge in [0.15, 0.2) is 11.4 Å². The molecule has 0 atom stereocenters. The predicted octanol–water partition coefficient (Wildman–Crippen LogP) is 1.94. The lowest BCUT2D eigenvalue weighted by molar-refractivity contribution is -0.143. The van der Waals surface area contributed by atoms with E-state index in [1.165, 1.54) is 24.3 Å². The van der Waals surface area contributed by atoms with Gasteiger partial charge < -0.3 is 4.74 Å². The summed E-state index contributed by atoms with van der Waals surface area (Å²) in [5.74, 6) is -0.703. The summed E-state index contributed by atoms with van der Waals surface area (Å²) < 4.78 is 43.9. The fourth-order valence-corrected chi connectivity index (χ4v) is 1.67. The summed E-state index contributed by atoms with van der Waals surface area (Å²) in [5, 5.41) is 15.2. The predicted molar refractivity (Wildman–Crippen MR) is 62.4 cm³/mol. The van der Waals surface area contributed by atoms with E-state index in [1.54, 1.807) is 0 Å². The van der Waals surface area contributed by atoms with Gasteiger partial charge in [-0.1, -0.05) is 11.3 Å². The SMILES string of the molecule is COC(=O)c1cccc(-n2nnc(C#N)c2C(F)(F)F)c1. The van der Waals surface area contributed by atoms with Crippen LogP contribution < -0.4 is 0 Å². The third kappa shape index (κ3) is 2.69. The van der Waals surface area contributed by atoms with Crippen molar-refractivity contribution < 1.29 is 22.7 Å². The van der Waals surface area contributed by atoms with Gasteiger partial charge in [0.05, 0.1) is 18.4 Å². The molecule has 1 aromatic carbocycles. The summed E-state index contributed by atoms with van der Waals surface area (Å²) in [4.78, 5) is 11.4. The molecule has 0 aliphatic carbocycles. The molecule has 2 rings (SSSR count). The molecule has 0 aliphatic heterocycles. The number of nitriles is 1. The summed E-state index contributed by atoms with van der Waals surface area (Å²) in [6, 6.07) is 6.55. The van der Waals surface area contributed by atoms with Crippen LogP contribution in [0.25, 0.3) is 5.69 Å². The van der Waals surface area contributed by atoms with E-state index < -0.39 is 23.5 Å². The summed E-state index contributed by atoms with van der Waals surface area (Å²) in [5.41, 5.74) is -2.14. The lowest BCUT2D eigenvalue weighted by atomic mass is 10.2. The van der Waals surface area contributed by atoms with Gasteiger partial charge in [-0.15, -0.1) is 5.10 Å². The van der Waals surface area contributed by atoms with Crippen molar-refractivity contribution in [2.45, 2.75) is 6.18 Å². The third-order valence-electron chi connectivity index (χ3n) is 2.56. The van der Waals surface area contributed by atoms with Crippen LogP contribution in [0.2, 0.25) is 0 Å². The van der Waals surface area contributed by atoms with Crippen molar-refractivity contribution in [2.75, 3.05) is 7.11 Å². The number of benzene rings is 1. The fraction of sp³-hybridized carbons (Fsp3) is 0.167. The molecule has 0 spiro atoms. The van der Waals surface area contributed by atoms with Crippen molar-refractivity contribution in [3.8, 4) is 11.8 Å². The zero-order valence-corrected chi connectivity index (χ0v) is 10.5. The number of carbonyl (C=O) groups excluding carboxylic acids is 1. The van der Waals surface area contributed by atoms with E-state index in [0.29, 0.717) is 4.68 Å². The van der Waals surface area contributed by atoms with Gasteiger partial charge in [0.25, 0.3) is 0 Å². The highest BCUT2D eigenvalue weighted by Crippen LogP contribution is 2.32. The Morgan fingerprint density at radius 3 is 2.71 bits per heavy atom. The van der Waals surface area contributed by atoms with Crippen LogP contribution in [0, 0.1) is 11.3 Å². The van der Waals surface area contributed by atoms with Gasteiger partial charge in [-0.05, 0) is 18.2 Å².